The molecular weight excluding hydrogens is 371 g/mol. The molecule has 0 unspecified atom stereocenters. The molecule has 0 aliphatic rings. The fourth-order valence-electron chi connectivity index (χ4n) is 2.63. The molecule has 5 nitrogen and oxygen atoms in total. The average Bonchev–Trinajstić information content (AvgIpc) is 2.75. The van der Waals surface area contributed by atoms with E-state index < -0.39 is 0 Å². The summed E-state index contributed by atoms with van der Waals surface area (Å²) in [7, 11) is 1.58. The predicted molar refractivity (Wildman–Crippen MR) is 110 cm³/mol. The number of nitrogens with one attached hydrogen (secondary N) is 1. The van der Waals surface area contributed by atoms with E-state index in [0.717, 1.165) is 11.1 Å². The molecule has 0 fully saturated rings. The van der Waals surface area contributed by atoms with Crippen LogP contribution >= 0.6 is 0 Å². The maximum Gasteiger partial charge on any atom is 0.244 e. The van der Waals surface area contributed by atoms with Crippen LogP contribution in [0.4, 0.5) is 4.39 Å². The zero-order valence-corrected chi connectivity index (χ0v) is 16.0. The van der Waals surface area contributed by atoms with Crippen molar-refractivity contribution in [1.29, 1.82) is 0 Å². The third-order valence-corrected chi connectivity index (χ3v) is 4.11. The summed E-state index contributed by atoms with van der Waals surface area (Å²) in [5.74, 6) is 0.565. The Hall–Kier alpha value is -3.67. The van der Waals surface area contributed by atoms with Gasteiger partial charge in [-0.15, -0.1) is 0 Å². The SMILES string of the molecule is COc1ccc(/C=N\NC(=O)Cc2ccc(F)cc2)cc1OCc1ccccc1. The quantitative estimate of drug-likeness (QED) is 0.464. The fraction of sp³-hybridized carbons (Fsp3) is 0.130. The molecule has 0 aliphatic carbocycles. The minimum Gasteiger partial charge on any atom is -0.493 e. The molecule has 3 aromatic rings. The average molecular weight is 392 g/mol. The minimum absolute atomic E-state index is 0.117. The van der Waals surface area contributed by atoms with E-state index in [1.165, 1.54) is 18.3 Å². The second-order valence-electron chi connectivity index (χ2n) is 6.28. The summed E-state index contributed by atoms with van der Waals surface area (Å²) in [5, 5.41) is 3.98. The van der Waals surface area contributed by atoms with E-state index in [9.17, 15) is 9.18 Å². The van der Waals surface area contributed by atoms with Crippen molar-refractivity contribution in [2.45, 2.75) is 13.0 Å². The summed E-state index contributed by atoms with van der Waals surface area (Å²) in [6.07, 6.45) is 1.64. The molecule has 29 heavy (non-hydrogen) atoms. The lowest BCUT2D eigenvalue weighted by Crippen LogP contribution is -2.19. The Balaban J connectivity index is 1.59. The summed E-state index contributed by atoms with van der Waals surface area (Å²) in [6.45, 7) is 0.409. The van der Waals surface area contributed by atoms with Crippen LogP contribution in [0.3, 0.4) is 0 Å². The van der Waals surface area contributed by atoms with E-state index in [2.05, 4.69) is 10.5 Å². The molecule has 148 valence electrons. The summed E-state index contributed by atoms with van der Waals surface area (Å²) in [4.78, 5) is 12.0. The van der Waals surface area contributed by atoms with Crippen LogP contribution in [0.1, 0.15) is 16.7 Å². The predicted octanol–water partition coefficient (Wildman–Crippen LogP) is 4.11. The lowest BCUT2D eigenvalue weighted by molar-refractivity contribution is -0.120. The first kappa shape index (κ1) is 20.1. The third-order valence-electron chi connectivity index (χ3n) is 4.11. The van der Waals surface area contributed by atoms with Crippen molar-refractivity contribution in [2.75, 3.05) is 7.11 Å². The maximum atomic E-state index is 12.9. The van der Waals surface area contributed by atoms with Crippen molar-refractivity contribution >= 4 is 12.1 Å². The third kappa shape index (κ3) is 6.17. The van der Waals surface area contributed by atoms with Crippen LogP contribution in [0.25, 0.3) is 0 Å². The van der Waals surface area contributed by atoms with Crippen LogP contribution < -0.4 is 14.9 Å². The topological polar surface area (TPSA) is 59.9 Å². The Bertz CT molecular complexity index is 973. The van der Waals surface area contributed by atoms with Crippen molar-refractivity contribution in [3.8, 4) is 11.5 Å². The second kappa shape index (κ2) is 10.0. The highest BCUT2D eigenvalue weighted by Crippen LogP contribution is 2.28. The van der Waals surface area contributed by atoms with Crippen LogP contribution in [0.5, 0.6) is 11.5 Å². The Labute approximate surface area is 168 Å². The summed E-state index contributed by atoms with van der Waals surface area (Å²) in [5.41, 5.74) is 4.96. The van der Waals surface area contributed by atoms with E-state index in [0.29, 0.717) is 23.7 Å². The standard InChI is InChI=1S/C23H21FN2O3/c1-28-21-12-9-19(13-22(21)29-16-18-5-3-2-4-6-18)15-25-26-23(27)14-17-7-10-20(24)11-8-17/h2-13,15H,14,16H2,1H3,(H,26,27)/b25-15-. The molecule has 0 bridgehead atoms. The number of halogens is 1. The summed E-state index contributed by atoms with van der Waals surface area (Å²) >= 11 is 0. The number of benzene rings is 3. The van der Waals surface area contributed by atoms with Gasteiger partial charge in [-0.05, 0) is 47.0 Å². The molecule has 1 amide bonds. The van der Waals surface area contributed by atoms with Gasteiger partial charge in [-0.2, -0.15) is 5.10 Å². The molecule has 3 aromatic carbocycles. The van der Waals surface area contributed by atoms with Gasteiger partial charge in [-0.25, -0.2) is 9.82 Å². The highest BCUT2D eigenvalue weighted by molar-refractivity contribution is 5.84. The highest BCUT2D eigenvalue weighted by Gasteiger charge is 2.06. The molecule has 0 aromatic heterocycles. The van der Waals surface area contributed by atoms with Crippen LogP contribution in [-0.4, -0.2) is 19.2 Å². The lowest BCUT2D eigenvalue weighted by Gasteiger charge is -2.11. The van der Waals surface area contributed by atoms with E-state index in [4.69, 9.17) is 9.47 Å². The number of hydrazone groups is 1. The molecule has 6 heteroatoms. The van der Waals surface area contributed by atoms with Gasteiger partial charge < -0.3 is 9.47 Å². The van der Waals surface area contributed by atoms with Gasteiger partial charge in [-0.1, -0.05) is 42.5 Å². The van der Waals surface area contributed by atoms with Gasteiger partial charge >= 0.3 is 0 Å². The molecule has 0 heterocycles. The number of hydrogen-bond acceptors (Lipinski definition) is 4. The lowest BCUT2D eigenvalue weighted by atomic mass is 10.1. The van der Waals surface area contributed by atoms with Gasteiger partial charge in [0.15, 0.2) is 11.5 Å². The fourth-order valence-corrected chi connectivity index (χ4v) is 2.63. The monoisotopic (exact) mass is 392 g/mol. The molecule has 0 spiro atoms. The number of carbonyl (C=O) groups excluding carboxylic acids is 1. The van der Waals surface area contributed by atoms with Gasteiger partial charge in [0.25, 0.3) is 0 Å². The Morgan fingerprint density at radius 3 is 2.48 bits per heavy atom. The zero-order valence-electron chi connectivity index (χ0n) is 16.0. The smallest absolute Gasteiger partial charge is 0.244 e. The Morgan fingerprint density at radius 1 is 1.00 bits per heavy atom. The van der Waals surface area contributed by atoms with Crippen LogP contribution in [0.2, 0.25) is 0 Å². The van der Waals surface area contributed by atoms with Crippen LogP contribution in [0, 0.1) is 5.82 Å². The molecule has 0 saturated carbocycles. The highest BCUT2D eigenvalue weighted by atomic mass is 19.1. The summed E-state index contributed by atoms with van der Waals surface area (Å²) in [6, 6.07) is 21.0. The van der Waals surface area contributed by atoms with E-state index >= 15 is 0 Å². The number of hydrogen-bond donors (Lipinski definition) is 1. The molecule has 0 radical (unpaired) electrons. The number of ether oxygens (including phenoxy) is 2. The van der Waals surface area contributed by atoms with E-state index in [1.807, 2.05) is 36.4 Å². The first-order valence-corrected chi connectivity index (χ1v) is 9.05. The number of carbonyl (C=O) groups is 1. The largest absolute Gasteiger partial charge is 0.493 e. The number of methoxy groups -OCH3 is 1. The first-order valence-electron chi connectivity index (χ1n) is 9.05. The van der Waals surface area contributed by atoms with Gasteiger partial charge in [-0.3, -0.25) is 4.79 Å². The molecule has 3 rings (SSSR count). The summed E-state index contributed by atoms with van der Waals surface area (Å²) < 4.78 is 24.1. The van der Waals surface area contributed by atoms with Crippen molar-refractivity contribution < 1.29 is 18.7 Å². The van der Waals surface area contributed by atoms with Crippen LogP contribution in [0.15, 0.2) is 77.9 Å². The normalized spacial score (nSPS) is 10.7. The number of amides is 1. The Kier molecular flexibility index (Phi) is 6.95. The van der Waals surface area contributed by atoms with Crippen molar-refractivity contribution in [1.82, 2.24) is 5.43 Å². The maximum absolute atomic E-state index is 12.9. The molecule has 0 saturated heterocycles. The van der Waals surface area contributed by atoms with E-state index in [1.54, 1.807) is 31.4 Å². The first-order chi connectivity index (χ1) is 14.1. The van der Waals surface area contributed by atoms with Gasteiger partial charge in [0.1, 0.15) is 12.4 Å². The van der Waals surface area contributed by atoms with Gasteiger partial charge in [0, 0.05) is 0 Å². The molecule has 0 aliphatic heterocycles. The zero-order chi connectivity index (χ0) is 20.5. The van der Waals surface area contributed by atoms with Crippen molar-refractivity contribution in [3.05, 3.63) is 95.3 Å². The van der Waals surface area contributed by atoms with Crippen molar-refractivity contribution in [2.24, 2.45) is 5.10 Å². The van der Waals surface area contributed by atoms with Crippen molar-refractivity contribution in [3.63, 3.8) is 0 Å². The van der Waals surface area contributed by atoms with E-state index in [-0.39, 0.29) is 18.1 Å². The second-order valence-corrected chi connectivity index (χ2v) is 6.28. The molecule has 1 N–H and O–H groups in total. The number of nitrogens with zero attached hydrogens (tertiary/aromatic N) is 1. The van der Waals surface area contributed by atoms with Crippen LogP contribution in [-0.2, 0) is 17.8 Å². The molecular formula is C23H21FN2O3. The Morgan fingerprint density at radius 2 is 1.76 bits per heavy atom. The van der Waals surface area contributed by atoms with Gasteiger partial charge in [0.05, 0.1) is 19.7 Å². The number of rotatable bonds is 8. The molecule has 0 atom stereocenters. The van der Waals surface area contributed by atoms with Gasteiger partial charge in [0.2, 0.25) is 5.91 Å². The minimum atomic E-state index is -0.336.